The number of nitrogens with one attached hydrogen (secondary N) is 1. The number of rotatable bonds is 8. The number of carbonyl (C=O) groups excluding carboxylic acids is 3. The van der Waals surface area contributed by atoms with Gasteiger partial charge in [0.25, 0.3) is 5.91 Å². The number of para-hydroxylation sites is 1. The third kappa shape index (κ3) is 7.24. The Morgan fingerprint density at radius 1 is 0.967 bits per heavy atom. The van der Waals surface area contributed by atoms with Crippen molar-refractivity contribution < 1.29 is 23.9 Å². The molecule has 0 aromatic heterocycles. The van der Waals surface area contributed by atoms with Crippen molar-refractivity contribution in [1.82, 2.24) is 15.1 Å². The molecule has 166 valence electrons. The molecule has 1 unspecified atom stereocenters. The van der Waals surface area contributed by atoms with E-state index in [4.69, 9.17) is 9.47 Å². The molecular weight excluding hydrogens is 386 g/mol. The zero-order valence-corrected chi connectivity index (χ0v) is 18.3. The fourth-order valence-electron chi connectivity index (χ4n) is 3.03. The highest BCUT2D eigenvalue weighted by molar-refractivity contribution is 5.88. The summed E-state index contributed by atoms with van der Waals surface area (Å²) in [6.45, 7) is 9.62. The SMILES string of the molecule is CC(C)COC(=O)N1CCN(C(=O)C(NC(=O)COc2ccccc2)C(C)C)CC1. The molecule has 2 rings (SSSR count). The minimum Gasteiger partial charge on any atom is -0.484 e. The Bertz CT molecular complexity index is 700. The molecule has 8 heteroatoms. The average Bonchev–Trinajstić information content (AvgIpc) is 2.74. The van der Waals surface area contributed by atoms with Gasteiger partial charge in [0.2, 0.25) is 5.91 Å². The Labute approximate surface area is 178 Å². The van der Waals surface area contributed by atoms with Crippen LogP contribution in [0.3, 0.4) is 0 Å². The maximum Gasteiger partial charge on any atom is 0.409 e. The van der Waals surface area contributed by atoms with E-state index in [1.165, 1.54) is 0 Å². The largest absolute Gasteiger partial charge is 0.484 e. The first-order valence-electron chi connectivity index (χ1n) is 10.5. The van der Waals surface area contributed by atoms with Crippen molar-refractivity contribution in [3.63, 3.8) is 0 Å². The van der Waals surface area contributed by atoms with Crippen molar-refractivity contribution in [2.75, 3.05) is 39.4 Å². The number of carbonyl (C=O) groups is 3. The van der Waals surface area contributed by atoms with Crippen LogP contribution in [0.1, 0.15) is 27.7 Å². The fourth-order valence-corrected chi connectivity index (χ4v) is 3.03. The molecule has 1 heterocycles. The molecule has 1 atom stereocenters. The number of hydrogen-bond acceptors (Lipinski definition) is 5. The minimum atomic E-state index is -0.642. The van der Waals surface area contributed by atoms with Gasteiger partial charge in [-0.3, -0.25) is 9.59 Å². The molecule has 1 N–H and O–H groups in total. The maximum absolute atomic E-state index is 13.0. The lowest BCUT2D eigenvalue weighted by atomic mass is 10.0. The van der Waals surface area contributed by atoms with Crippen LogP contribution >= 0.6 is 0 Å². The molecule has 1 aromatic rings. The van der Waals surface area contributed by atoms with Crippen molar-refractivity contribution in [3.05, 3.63) is 30.3 Å². The summed E-state index contributed by atoms with van der Waals surface area (Å²) in [5.74, 6) is 0.306. The van der Waals surface area contributed by atoms with Crippen molar-refractivity contribution in [1.29, 1.82) is 0 Å². The molecule has 0 aliphatic carbocycles. The normalized spacial score (nSPS) is 15.1. The minimum absolute atomic E-state index is 0.0767. The van der Waals surface area contributed by atoms with E-state index < -0.39 is 6.04 Å². The van der Waals surface area contributed by atoms with E-state index in [0.29, 0.717) is 38.5 Å². The zero-order valence-electron chi connectivity index (χ0n) is 18.3. The van der Waals surface area contributed by atoms with Crippen LogP contribution in [0.5, 0.6) is 5.75 Å². The van der Waals surface area contributed by atoms with Gasteiger partial charge in [0, 0.05) is 26.2 Å². The van der Waals surface area contributed by atoms with Gasteiger partial charge in [-0.05, 0) is 24.0 Å². The topological polar surface area (TPSA) is 88.2 Å². The lowest BCUT2D eigenvalue weighted by Crippen LogP contribution is -2.57. The van der Waals surface area contributed by atoms with Crippen molar-refractivity contribution in [2.45, 2.75) is 33.7 Å². The number of benzene rings is 1. The number of hydrogen-bond donors (Lipinski definition) is 1. The molecule has 0 spiro atoms. The number of piperazine rings is 1. The van der Waals surface area contributed by atoms with Gasteiger partial charge in [-0.1, -0.05) is 45.9 Å². The molecule has 0 radical (unpaired) electrons. The number of ether oxygens (including phenoxy) is 2. The Morgan fingerprint density at radius 2 is 1.57 bits per heavy atom. The smallest absolute Gasteiger partial charge is 0.409 e. The van der Waals surface area contributed by atoms with E-state index in [1.54, 1.807) is 21.9 Å². The third-order valence-electron chi connectivity index (χ3n) is 4.75. The highest BCUT2D eigenvalue weighted by Gasteiger charge is 2.32. The van der Waals surface area contributed by atoms with Crippen LogP contribution in [-0.2, 0) is 14.3 Å². The highest BCUT2D eigenvalue weighted by Crippen LogP contribution is 2.12. The summed E-state index contributed by atoms with van der Waals surface area (Å²) in [7, 11) is 0. The third-order valence-corrected chi connectivity index (χ3v) is 4.75. The van der Waals surface area contributed by atoms with Gasteiger partial charge in [-0.25, -0.2) is 4.79 Å². The Kier molecular flexibility index (Phi) is 8.95. The van der Waals surface area contributed by atoms with Crippen molar-refractivity contribution in [2.24, 2.45) is 11.8 Å². The molecule has 8 nitrogen and oxygen atoms in total. The Hall–Kier alpha value is -2.77. The van der Waals surface area contributed by atoms with Crippen LogP contribution in [0.2, 0.25) is 0 Å². The summed E-state index contributed by atoms with van der Waals surface area (Å²) in [5, 5.41) is 2.79. The summed E-state index contributed by atoms with van der Waals surface area (Å²) in [4.78, 5) is 40.7. The van der Waals surface area contributed by atoms with Crippen LogP contribution in [0, 0.1) is 11.8 Å². The monoisotopic (exact) mass is 419 g/mol. The molecule has 30 heavy (non-hydrogen) atoms. The summed E-state index contributed by atoms with van der Waals surface area (Å²) in [6, 6.07) is 8.41. The second kappa shape index (κ2) is 11.4. The lowest BCUT2D eigenvalue weighted by molar-refractivity contribution is -0.139. The highest BCUT2D eigenvalue weighted by atomic mass is 16.6. The van der Waals surface area contributed by atoms with Crippen LogP contribution in [0.25, 0.3) is 0 Å². The van der Waals surface area contributed by atoms with E-state index in [0.717, 1.165) is 0 Å². The van der Waals surface area contributed by atoms with Crippen LogP contribution < -0.4 is 10.1 Å². The summed E-state index contributed by atoms with van der Waals surface area (Å²) in [5.41, 5.74) is 0. The summed E-state index contributed by atoms with van der Waals surface area (Å²) < 4.78 is 10.7. The van der Waals surface area contributed by atoms with Crippen molar-refractivity contribution in [3.8, 4) is 5.75 Å². The quantitative estimate of drug-likeness (QED) is 0.698. The predicted octanol–water partition coefficient (Wildman–Crippen LogP) is 2.14. The Morgan fingerprint density at radius 3 is 2.13 bits per heavy atom. The van der Waals surface area contributed by atoms with Gasteiger partial charge in [-0.15, -0.1) is 0 Å². The van der Waals surface area contributed by atoms with E-state index in [9.17, 15) is 14.4 Å². The first kappa shape index (κ1) is 23.5. The van der Waals surface area contributed by atoms with E-state index in [2.05, 4.69) is 5.32 Å². The first-order valence-corrected chi connectivity index (χ1v) is 10.5. The van der Waals surface area contributed by atoms with Gasteiger partial charge in [-0.2, -0.15) is 0 Å². The molecule has 1 fully saturated rings. The van der Waals surface area contributed by atoms with E-state index >= 15 is 0 Å². The van der Waals surface area contributed by atoms with Crippen molar-refractivity contribution >= 4 is 17.9 Å². The van der Waals surface area contributed by atoms with Gasteiger partial charge in [0.15, 0.2) is 6.61 Å². The Balaban J connectivity index is 1.83. The lowest BCUT2D eigenvalue weighted by Gasteiger charge is -2.36. The molecule has 1 aromatic carbocycles. The summed E-state index contributed by atoms with van der Waals surface area (Å²) >= 11 is 0. The molecule has 0 saturated carbocycles. The van der Waals surface area contributed by atoms with Crippen LogP contribution in [-0.4, -0.2) is 73.1 Å². The molecule has 1 aliphatic rings. The molecular formula is C22H33N3O5. The molecule has 1 aliphatic heterocycles. The predicted molar refractivity (Wildman–Crippen MR) is 113 cm³/mol. The first-order chi connectivity index (χ1) is 14.3. The number of nitrogens with zero attached hydrogens (tertiary/aromatic N) is 2. The molecule has 0 bridgehead atoms. The van der Waals surface area contributed by atoms with Gasteiger partial charge < -0.3 is 24.6 Å². The number of amides is 3. The maximum atomic E-state index is 13.0. The summed E-state index contributed by atoms with van der Waals surface area (Å²) in [6.07, 6.45) is -0.345. The van der Waals surface area contributed by atoms with Gasteiger partial charge in [0.05, 0.1) is 6.61 Å². The van der Waals surface area contributed by atoms with E-state index in [-0.39, 0.29) is 36.4 Å². The molecule has 3 amide bonds. The van der Waals surface area contributed by atoms with Gasteiger partial charge >= 0.3 is 6.09 Å². The van der Waals surface area contributed by atoms with E-state index in [1.807, 2.05) is 45.9 Å². The zero-order chi connectivity index (χ0) is 22.1. The second-order valence-corrected chi connectivity index (χ2v) is 8.17. The average molecular weight is 420 g/mol. The standard InChI is InChI=1S/C22H33N3O5/c1-16(2)14-30-22(28)25-12-10-24(11-13-25)21(27)20(17(3)4)23-19(26)15-29-18-8-6-5-7-9-18/h5-9,16-17,20H,10-15H2,1-4H3,(H,23,26). The van der Waals surface area contributed by atoms with Crippen LogP contribution in [0.4, 0.5) is 4.79 Å². The second-order valence-electron chi connectivity index (χ2n) is 8.17. The molecule has 1 saturated heterocycles. The van der Waals surface area contributed by atoms with Crippen LogP contribution in [0.15, 0.2) is 30.3 Å². The van der Waals surface area contributed by atoms with Gasteiger partial charge in [0.1, 0.15) is 11.8 Å². The fraction of sp³-hybridized carbons (Fsp3) is 0.591.